The molecule has 0 unspecified atom stereocenters. The molecule has 1 fully saturated rings. The van der Waals surface area contributed by atoms with Gasteiger partial charge in [-0.05, 0) is 62.6 Å². The first-order valence-electron chi connectivity index (χ1n) is 9.23. The minimum absolute atomic E-state index is 0.215. The lowest BCUT2D eigenvalue weighted by molar-refractivity contribution is 0.102. The Morgan fingerprint density at radius 1 is 1.11 bits per heavy atom. The molecule has 1 atom stereocenters. The van der Waals surface area contributed by atoms with Crippen LogP contribution < -0.4 is 25.4 Å². The summed E-state index contributed by atoms with van der Waals surface area (Å²) in [6, 6.07) is 11.2. The second-order valence-electron chi connectivity index (χ2n) is 6.84. The molecule has 0 aliphatic carbocycles. The van der Waals surface area contributed by atoms with E-state index in [9.17, 15) is 4.79 Å². The Balaban J connectivity index is 1.88. The van der Waals surface area contributed by atoms with E-state index in [1.54, 1.807) is 32.4 Å². The monoisotopic (exact) mass is 369 g/mol. The van der Waals surface area contributed by atoms with E-state index in [0.29, 0.717) is 28.8 Å². The molecule has 1 saturated heterocycles. The van der Waals surface area contributed by atoms with E-state index in [1.165, 1.54) is 6.42 Å². The number of benzene rings is 2. The average molecular weight is 369 g/mol. The molecule has 0 saturated carbocycles. The van der Waals surface area contributed by atoms with Crippen LogP contribution in [0.25, 0.3) is 0 Å². The summed E-state index contributed by atoms with van der Waals surface area (Å²) in [7, 11) is 3.11. The number of hydrogen-bond acceptors (Lipinski definition) is 5. The van der Waals surface area contributed by atoms with E-state index in [2.05, 4.69) is 17.1 Å². The van der Waals surface area contributed by atoms with Gasteiger partial charge in [0.1, 0.15) is 0 Å². The van der Waals surface area contributed by atoms with Gasteiger partial charge in [-0.2, -0.15) is 0 Å². The minimum Gasteiger partial charge on any atom is -0.493 e. The predicted molar refractivity (Wildman–Crippen MR) is 109 cm³/mol. The van der Waals surface area contributed by atoms with Crippen molar-refractivity contribution in [1.29, 1.82) is 0 Å². The van der Waals surface area contributed by atoms with E-state index in [-0.39, 0.29) is 5.91 Å². The number of ether oxygens (including phenoxy) is 2. The molecule has 144 valence electrons. The SMILES string of the molecule is COc1ccc(C(=O)Nc2cc(N)ccc2N2CCCC[C@@H]2C)cc1OC. The van der Waals surface area contributed by atoms with Gasteiger partial charge in [0, 0.05) is 23.8 Å². The average Bonchev–Trinajstić information content (AvgIpc) is 2.68. The van der Waals surface area contributed by atoms with Gasteiger partial charge < -0.3 is 25.4 Å². The zero-order valence-electron chi connectivity index (χ0n) is 16.1. The number of hydrogen-bond donors (Lipinski definition) is 2. The second kappa shape index (κ2) is 8.20. The quantitative estimate of drug-likeness (QED) is 0.781. The highest BCUT2D eigenvalue weighted by molar-refractivity contribution is 6.06. The van der Waals surface area contributed by atoms with Crippen molar-refractivity contribution in [2.75, 3.05) is 36.7 Å². The zero-order chi connectivity index (χ0) is 19.4. The molecule has 1 amide bonds. The Bertz CT molecular complexity index is 822. The number of nitrogen functional groups attached to an aromatic ring is 1. The molecule has 6 heteroatoms. The fourth-order valence-electron chi connectivity index (χ4n) is 3.53. The summed E-state index contributed by atoms with van der Waals surface area (Å²) in [6.07, 6.45) is 3.53. The number of rotatable bonds is 5. The van der Waals surface area contributed by atoms with Crippen LogP contribution in [-0.4, -0.2) is 32.7 Å². The number of nitrogens with one attached hydrogen (secondary N) is 1. The van der Waals surface area contributed by atoms with E-state index < -0.39 is 0 Å². The summed E-state index contributed by atoms with van der Waals surface area (Å²) in [5, 5.41) is 3.02. The van der Waals surface area contributed by atoms with Gasteiger partial charge in [-0.15, -0.1) is 0 Å². The molecular weight excluding hydrogens is 342 g/mol. The lowest BCUT2D eigenvalue weighted by Crippen LogP contribution is -2.38. The summed E-state index contributed by atoms with van der Waals surface area (Å²) in [6.45, 7) is 3.19. The summed E-state index contributed by atoms with van der Waals surface area (Å²) in [4.78, 5) is 15.2. The van der Waals surface area contributed by atoms with E-state index in [4.69, 9.17) is 15.2 Å². The predicted octanol–water partition coefficient (Wildman–Crippen LogP) is 3.92. The number of nitrogens with zero attached hydrogens (tertiary/aromatic N) is 1. The standard InChI is InChI=1S/C21H27N3O3/c1-14-6-4-5-11-24(14)18-9-8-16(22)13-17(18)23-21(25)15-7-10-19(26-2)20(12-15)27-3/h7-10,12-14H,4-6,11,22H2,1-3H3,(H,23,25)/t14-/m0/s1. The highest BCUT2D eigenvalue weighted by Crippen LogP contribution is 2.34. The molecule has 1 aliphatic heterocycles. The first-order chi connectivity index (χ1) is 13.0. The molecule has 27 heavy (non-hydrogen) atoms. The Morgan fingerprint density at radius 3 is 2.59 bits per heavy atom. The Kier molecular flexibility index (Phi) is 5.74. The Hall–Kier alpha value is -2.89. The smallest absolute Gasteiger partial charge is 0.255 e. The number of nitrogens with two attached hydrogens (primary N) is 1. The molecule has 0 bridgehead atoms. The summed E-state index contributed by atoms with van der Waals surface area (Å²) in [5.74, 6) is 0.885. The van der Waals surface area contributed by atoms with Crippen LogP contribution in [0.5, 0.6) is 11.5 Å². The molecule has 0 aromatic heterocycles. The lowest BCUT2D eigenvalue weighted by atomic mass is 10.0. The molecule has 1 aliphatic rings. The first-order valence-corrected chi connectivity index (χ1v) is 9.23. The normalized spacial score (nSPS) is 16.7. The van der Waals surface area contributed by atoms with Gasteiger partial charge in [0.15, 0.2) is 11.5 Å². The van der Waals surface area contributed by atoms with Crippen LogP contribution in [0.3, 0.4) is 0 Å². The topological polar surface area (TPSA) is 76.8 Å². The number of amides is 1. The van der Waals surface area contributed by atoms with Crippen LogP contribution in [0.1, 0.15) is 36.5 Å². The van der Waals surface area contributed by atoms with Gasteiger partial charge in [0.05, 0.1) is 25.6 Å². The van der Waals surface area contributed by atoms with E-state index in [0.717, 1.165) is 30.8 Å². The fourth-order valence-corrected chi connectivity index (χ4v) is 3.53. The number of methoxy groups -OCH3 is 2. The van der Waals surface area contributed by atoms with Gasteiger partial charge in [-0.1, -0.05) is 0 Å². The van der Waals surface area contributed by atoms with Crippen LogP contribution in [0.2, 0.25) is 0 Å². The molecular formula is C21H27N3O3. The second-order valence-corrected chi connectivity index (χ2v) is 6.84. The van der Waals surface area contributed by atoms with Crippen molar-refractivity contribution in [3.63, 3.8) is 0 Å². The van der Waals surface area contributed by atoms with Crippen molar-refractivity contribution < 1.29 is 14.3 Å². The van der Waals surface area contributed by atoms with Crippen molar-refractivity contribution in [1.82, 2.24) is 0 Å². The maximum absolute atomic E-state index is 12.8. The van der Waals surface area contributed by atoms with Gasteiger partial charge in [-0.3, -0.25) is 4.79 Å². The minimum atomic E-state index is -0.215. The summed E-state index contributed by atoms with van der Waals surface area (Å²) in [5.41, 5.74) is 8.82. The fraction of sp³-hybridized carbons (Fsp3) is 0.381. The van der Waals surface area contributed by atoms with Crippen molar-refractivity contribution >= 4 is 23.0 Å². The number of piperidine rings is 1. The molecule has 6 nitrogen and oxygen atoms in total. The lowest BCUT2D eigenvalue weighted by Gasteiger charge is -2.36. The highest BCUT2D eigenvalue weighted by atomic mass is 16.5. The van der Waals surface area contributed by atoms with Crippen LogP contribution in [0.4, 0.5) is 17.1 Å². The third kappa shape index (κ3) is 4.10. The third-order valence-electron chi connectivity index (χ3n) is 5.03. The molecule has 1 heterocycles. The van der Waals surface area contributed by atoms with Gasteiger partial charge in [-0.25, -0.2) is 0 Å². The first kappa shape index (κ1) is 18.9. The Labute approximate surface area is 160 Å². The molecule has 2 aromatic carbocycles. The summed E-state index contributed by atoms with van der Waals surface area (Å²) >= 11 is 0. The highest BCUT2D eigenvalue weighted by Gasteiger charge is 2.22. The zero-order valence-corrected chi connectivity index (χ0v) is 16.1. The van der Waals surface area contributed by atoms with E-state index >= 15 is 0 Å². The van der Waals surface area contributed by atoms with Gasteiger partial charge in [0.25, 0.3) is 5.91 Å². The maximum atomic E-state index is 12.8. The van der Waals surface area contributed by atoms with Gasteiger partial charge in [0.2, 0.25) is 0 Å². The van der Waals surface area contributed by atoms with Crippen LogP contribution in [-0.2, 0) is 0 Å². The van der Waals surface area contributed by atoms with Crippen molar-refractivity contribution in [2.45, 2.75) is 32.2 Å². The van der Waals surface area contributed by atoms with E-state index in [1.807, 2.05) is 18.2 Å². The summed E-state index contributed by atoms with van der Waals surface area (Å²) < 4.78 is 10.5. The molecule has 0 spiro atoms. The van der Waals surface area contributed by atoms with Crippen LogP contribution >= 0.6 is 0 Å². The van der Waals surface area contributed by atoms with Crippen LogP contribution in [0.15, 0.2) is 36.4 Å². The molecule has 2 aromatic rings. The molecule has 3 N–H and O–H groups in total. The molecule has 3 rings (SSSR count). The maximum Gasteiger partial charge on any atom is 0.255 e. The Morgan fingerprint density at radius 2 is 1.89 bits per heavy atom. The van der Waals surface area contributed by atoms with Crippen LogP contribution in [0, 0.1) is 0 Å². The number of anilines is 3. The van der Waals surface area contributed by atoms with Crippen molar-refractivity contribution in [2.24, 2.45) is 0 Å². The third-order valence-corrected chi connectivity index (χ3v) is 5.03. The largest absolute Gasteiger partial charge is 0.493 e. The number of carbonyl (C=O) groups is 1. The van der Waals surface area contributed by atoms with Crippen molar-refractivity contribution in [3.05, 3.63) is 42.0 Å². The number of carbonyl (C=O) groups excluding carboxylic acids is 1. The van der Waals surface area contributed by atoms with Gasteiger partial charge >= 0.3 is 0 Å². The van der Waals surface area contributed by atoms with Crippen molar-refractivity contribution in [3.8, 4) is 11.5 Å². The molecule has 0 radical (unpaired) electrons.